The van der Waals surface area contributed by atoms with E-state index in [-0.39, 0.29) is 17.2 Å². The number of ether oxygens (including phenoxy) is 1. The number of thioether (sulfide) groups is 1. The summed E-state index contributed by atoms with van der Waals surface area (Å²) in [6.45, 7) is 1.73. The normalized spacial score (nSPS) is 10.4. The van der Waals surface area contributed by atoms with E-state index in [0.717, 1.165) is 10.2 Å². The minimum Gasteiger partial charge on any atom is -0.457 e. The topological polar surface area (TPSA) is 84.1 Å². The molecule has 2 aromatic carbocycles. The number of aromatic amines is 1. The van der Waals surface area contributed by atoms with Gasteiger partial charge in [-0.3, -0.25) is 9.59 Å². The van der Waals surface area contributed by atoms with Crippen LogP contribution >= 0.6 is 27.7 Å². The minimum absolute atomic E-state index is 0.142. The zero-order chi connectivity index (χ0) is 19.2. The third-order valence-electron chi connectivity index (χ3n) is 3.38. The Morgan fingerprint density at radius 2 is 1.78 bits per heavy atom. The van der Waals surface area contributed by atoms with Crippen LogP contribution in [0, 0.1) is 6.92 Å². The Labute approximate surface area is 168 Å². The zero-order valence-electron chi connectivity index (χ0n) is 14.4. The molecule has 3 aromatic rings. The lowest BCUT2D eigenvalue weighted by molar-refractivity contribution is -0.113. The van der Waals surface area contributed by atoms with Gasteiger partial charge in [0.15, 0.2) is 5.16 Å². The van der Waals surface area contributed by atoms with E-state index in [0.29, 0.717) is 22.3 Å². The number of amides is 1. The number of nitrogens with one attached hydrogen (secondary N) is 2. The van der Waals surface area contributed by atoms with Gasteiger partial charge in [0.2, 0.25) is 5.91 Å². The van der Waals surface area contributed by atoms with E-state index in [1.165, 1.54) is 17.8 Å². The second kappa shape index (κ2) is 8.88. The van der Waals surface area contributed by atoms with Crippen molar-refractivity contribution in [2.24, 2.45) is 0 Å². The molecule has 0 radical (unpaired) electrons. The molecular formula is C19H16BrN3O3S. The number of carbonyl (C=O) groups is 1. The number of hydrogen-bond donors (Lipinski definition) is 2. The molecular weight excluding hydrogens is 430 g/mol. The first-order chi connectivity index (χ1) is 13.0. The summed E-state index contributed by atoms with van der Waals surface area (Å²) in [5.41, 5.74) is 1.05. The van der Waals surface area contributed by atoms with Crippen molar-refractivity contribution in [1.29, 1.82) is 0 Å². The second-order valence-electron chi connectivity index (χ2n) is 5.61. The molecule has 1 amide bonds. The molecule has 6 nitrogen and oxygen atoms in total. The molecule has 2 N–H and O–H groups in total. The maximum atomic E-state index is 12.1. The maximum absolute atomic E-state index is 12.1. The third-order valence-corrected chi connectivity index (χ3v) is 4.78. The summed E-state index contributed by atoms with van der Waals surface area (Å²) in [6.07, 6.45) is 0. The molecule has 0 aliphatic heterocycles. The maximum Gasteiger partial charge on any atom is 0.251 e. The van der Waals surface area contributed by atoms with Crippen LogP contribution in [0.5, 0.6) is 11.5 Å². The van der Waals surface area contributed by atoms with Crippen molar-refractivity contribution >= 4 is 39.3 Å². The van der Waals surface area contributed by atoms with Crippen molar-refractivity contribution in [2.45, 2.75) is 12.1 Å². The van der Waals surface area contributed by atoms with Crippen molar-refractivity contribution in [3.63, 3.8) is 0 Å². The summed E-state index contributed by atoms with van der Waals surface area (Å²) in [4.78, 5) is 30.3. The number of aromatic nitrogens is 2. The molecule has 0 aliphatic rings. The van der Waals surface area contributed by atoms with Gasteiger partial charge in [-0.1, -0.05) is 27.7 Å². The summed E-state index contributed by atoms with van der Waals surface area (Å²) in [7, 11) is 0. The van der Waals surface area contributed by atoms with Crippen LogP contribution < -0.4 is 15.6 Å². The molecule has 0 saturated heterocycles. The number of nitrogens with zero attached hydrogens (tertiary/aromatic N) is 1. The first-order valence-electron chi connectivity index (χ1n) is 8.02. The number of anilines is 1. The molecule has 0 unspecified atom stereocenters. The average molecular weight is 446 g/mol. The third kappa shape index (κ3) is 5.97. The smallest absolute Gasteiger partial charge is 0.251 e. The van der Waals surface area contributed by atoms with Gasteiger partial charge in [-0.2, -0.15) is 0 Å². The molecule has 1 aromatic heterocycles. The summed E-state index contributed by atoms with van der Waals surface area (Å²) in [6, 6.07) is 16.0. The molecule has 0 spiro atoms. The molecule has 8 heteroatoms. The quantitative estimate of drug-likeness (QED) is 0.434. The van der Waals surface area contributed by atoms with Gasteiger partial charge in [-0.15, -0.1) is 0 Å². The summed E-state index contributed by atoms with van der Waals surface area (Å²) in [5.74, 6) is 1.35. The number of benzene rings is 2. The lowest BCUT2D eigenvalue weighted by atomic mass is 10.3. The summed E-state index contributed by atoms with van der Waals surface area (Å²) >= 11 is 4.55. The predicted molar refractivity (Wildman–Crippen MR) is 110 cm³/mol. The molecule has 1 heterocycles. The number of carbonyl (C=O) groups excluding carboxylic acids is 1. The lowest BCUT2D eigenvalue weighted by Gasteiger charge is -2.08. The zero-order valence-corrected chi connectivity index (χ0v) is 16.8. The standard InChI is InChI=1S/C19H16BrN3O3S/c1-12-10-17(24)23-19(21-12)27-11-18(25)22-14-4-8-16(9-5-14)26-15-6-2-13(20)3-7-15/h2-10H,11H2,1H3,(H,22,25)(H,21,23,24). The average Bonchev–Trinajstić information content (AvgIpc) is 2.63. The van der Waals surface area contributed by atoms with Gasteiger partial charge in [0.1, 0.15) is 11.5 Å². The van der Waals surface area contributed by atoms with Crippen molar-refractivity contribution < 1.29 is 9.53 Å². The number of hydrogen-bond acceptors (Lipinski definition) is 5. The van der Waals surface area contributed by atoms with Crippen molar-refractivity contribution in [3.8, 4) is 11.5 Å². The van der Waals surface area contributed by atoms with Gasteiger partial charge >= 0.3 is 0 Å². The highest BCUT2D eigenvalue weighted by atomic mass is 79.9. The molecule has 0 saturated carbocycles. The fourth-order valence-corrected chi connectivity index (χ4v) is 3.18. The fraction of sp³-hybridized carbons (Fsp3) is 0.105. The van der Waals surface area contributed by atoms with Crippen LogP contribution in [0.1, 0.15) is 5.69 Å². The Morgan fingerprint density at radius 1 is 1.15 bits per heavy atom. The Kier molecular flexibility index (Phi) is 6.31. The molecule has 27 heavy (non-hydrogen) atoms. The Morgan fingerprint density at radius 3 is 2.41 bits per heavy atom. The van der Waals surface area contributed by atoms with E-state index >= 15 is 0 Å². The van der Waals surface area contributed by atoms with E-state index in [4.69, 9.17) is 4.74 Å². The Balaban J connectivity index is 1.53. The molecule has 0 aliphatic carbocycles. The van der Waals surface area contributed by atoms with Gasteiger partial charge < -0.3 is 15.0 Å². The highest BCUT2D eigenvalue weighted by Crippen LogP contribution is 2.24. The molecule has 0 fully saturated rings. The highest BCUT2D eigenvalue weighted by molar-refractivity contribution is 9.10. The van der Waals surface area contributed by atoms with Gasteiger partial charge in [0.25, 0.3) is 5.56 Å². The van der Waals surface area contributed by atoms with Crippen molar-refractivity contribution in [2.75, 3.05) is 11.1 Å². The highest BCUT2D eigenvalue weighted by Gasteiger charge is 2.06. The molecule has 3 rings (SSSR count). The number of rotatable bonds is 6. The van der Waals surface area contributed by atoms with Crippen LogP contribution in [-0.4, -0.2) is 21.6 Å². The van der Waals surface area contributed by atoms with E-state index in [1.807, 2.05) is 24.3 Å². The summed E-state index contributed by atoms with van der Waals surface area (Å²) in [5, 5.41) is 3.22. The molecule has 0 bridgehead atoms. The van der Waals surface area contributed by atoms with E-state index in [1.54, 1.807) is 31.2 Å². The van der Waals surface area contributed by atoms with E-state index in [2.05, 4.69) is 31.2 Å². The molecule has 138 valence electrons. The van der Waals surface area contributed by atoms with Crippen LogP contribution in [0.4, 0.5) is 5.69 Å². The first kappa shape index (κ1) is 19.2. The van der Waals surface area contributed by atoms with Gasteiger partial charge in [0.05, 0.1) is 5.75 Å². The minimum atomic E-state index is -0.230. The summed E-state index contributed by atoms with van der Waals surface area (Å²) < 4.78 is 6.72. The van der Waals surface area contributed by atoms with Gasteiger partial charge in [-0.25, -0.2) is 4.98 Å². The second-order valence-corrected chi connectivity index (χ2v) is 7.49. The first-order valence-corrected chi connectivity index (χ1v) is 9.80. The van der Waals surface area contributed by atoms with Gasteiger partial charge in [0, 0.05) is 21.9 Å². The van der Waals surface area contributed by atoms with Crippen LogP contribution in [0.3, 0.4) is 0 Å². The van der Waals surface area contributed by atoms with E-state index in [9.17, 15) is 9.59 Å². The molecule has 0 atom stereocenters. The van der Waals surface area contributed by atoms with Crippen molar-refractivity contribution in [3.05, 3.63) is 75.1 Å². The monoisotopic (exact) mass is 445 g/mol. The number of halogens is 1. The van der Waals surface area contributed by atoms with E-state index < -0.39 is 0 Å². The van der Waals surface area contributed by atoms with Gasteiger partial charge in [-0.05, 0) is 55.5 Å². The SMILES string of the molecule is Cc1cc(=O)[nH]c(SCC(=O)Nc2ccc(Oc3ccc(Br)cc3)cc2)n1. The fourth-order valence-electron chi connectivity index (χ4n) is 2.20. The van der Waals surface area contributed by atoms with Crippen molar-refractivity contribution in [1.82, 2.24) is 9.97 Å². The van der Waals surface area contributed by atoms with Crippen LogP contribution in [0.2, 0.25) is 0 Å². The van der Waals surface area contributed by atoms with Crippen LogP contribution in [0.25, 0.3) is 0 Å². The van der Waals surface area contributed by atoms with Crippen LogP contribution in [0.15, 0.2) is 69.0 Å². The predicted octanol–water partition coefficient (Wildman–Crippen LogP) is 4.36. The Hall–Kier alpha value is -2.58. The number of H-pyrrole nitrogens is 1. The Bertz CT molecular complexity index is 988. The largest absolute Gasteiger partial charge is 0.457 e. The lowest BCUT2D eigenvalue weighted by Crippen LogP contribution is -2.15. The number of aryl methyl sites for hydroxylation is 1. The van der Waals surface area contributed by atoms with Crippen LogP contribution in [-0.2, 0) is 4.79 Å².